The standard InChI is InChI=1S/C8H17NO2/c1-3-8(5-10)4-9-7(2)11-6-8/h7,9-10H,3-6H2,1-2H3. The molecule has 0 bridgehead atoms. The zero-order valence-corrected chi connectivity index (χ0v) is 7.26. The molecule has 1 aliphatic heterocycles. The molecule has 0 spiro atoms. The molecule has 3 nitrogen and oxygen atoms in total. The molecule has 0 aliphatic carbocycles. The van der Waals surface area contributed by atoms with E-state index >= 15 is 0 Å². The Morgan fingerprint density at radius 2 is 2.45 bits per heavy atom. The van der Waals surface area contributed by atoms with Crippen molar-refractivity contribution in [3.8, 4) is 0 Å². The van der Waals surface area contributed by atoms with Gasteiger partial charge < -0.3 is 9.84 Å². The average Bonchev–Trinajstić information content (AvgIpc) is 2.07. The van der Waals surface area contributed by atoms with Crippen LogP contribution in [0.4, 0.5) is 0 Å². The van der Waals surface area contributed by atoms with Crippen molar-refractivity contribution in [2.45, 2.75) is 26.5 Å². The summed E-state index contributed by atoms with van der Waals surface area (Å²) in [6, 6.07) is 0. The van der Waals surface area contributed by atoms with E-state index in [1.165, 1.54) is 0 Å². The van der Waals surface area contributed by atoms with Crippen LogP contribution in [-0.4, -0.2) is 31.1 Å². The van der Waals surface area contributed by atoms with Crippen LogP contribution < -0.4 is 5.32 Å². The molecule has 0 saturated carbocycles. The predicted molar refractivity (Wildman–Crippen MR) is 43.2 cm³/mol. The number of nitrogens with one attached hydrogen (secondary N) is 1. The number of rotatable bonds is 2. The van der Waals surface area contributed by atoms with Gasteiger partial charge in [-0.05, 0) is 13.3 Å². The fourth-order valence-corrected chi connectivity index (χ4v) is 1.21. The van der Waals surface area contributed by atoms with E-state index in [0.717, 1.165) is 13.0 Å². The molecule has 0 aromatic heterocycles. The molecule has 2 unspecified atom stereocenters. The lowest BCUT2D eigenvalue weighted by molar-refractivity contribution is -0.0823. The van der Waals surface area contributed by atoms with Crippen LogP contribution in [0.15, 0.2) is 0 Å². The van der Waals surface area contributed by atoms with E-state index in [4.69, 9.17) is 9.84 Å². The molecule has 2 atom stereocenters. The lowest BCUT2D eigenvalue weighted by Gasteiger charge is -2.37. The molecular weight excluding hydrogens is 142 g/mol. The van der Waals surface area contributed by atoms with Gasteiger partial charge in [-0.15, -0.1) is 0 Å². The summed E-state index contributed by atoms with van der Waals surface area (Å²) >= 11 is 0. The van der Waals surface area contributed by atoms with Gasteiger partial charge in [0.15, 0.2) is 0 Å². The average molecular weight is 159 g/mol. The first-order valence-electron chi connectivity index (χ1n) is 4.18. The normalized spacial score (nSPS) is 39.0. The number of aliphatic hydroxyl groups is 1. The van der Waals surface area contributed by atoms with Gasteiger partial charge in [0.2, 0.25) is 0 Å². The fraction of sp³-hybridized carbons (Fsp3) is 1.00. The minimum Gasteiger partial charge on any atom is -0.396 e. The summed E-state index contributed by atoms with van der Waals surface area (Å²) in [5, 5.41) is 12.3. The summed E-state index contributed by atoms with van der Waals surface area (Å²) in [4.78, 5) is 0. The third kappa shape index (κ3) is 1.92. The van der Waals surface area contributed by atoms with Crippen LogP contribution in [-0.2, 0) is 4.74 Å². The van der Waals surface area contributed by atoms with Gasteiger partial charge in [0.1, 0.15) is 6.23 Å². The smallest absolute Gasteiger partial charge is 0.105 e. The summed E-state index contributed by atoms with van der Waals surface area (Å²) in [7, 11) is 0. The van der Waals surface area contributed by atoms with Gasteiger partial charge in [-0.1, -0.05) is 6.92 Å². The van der Waals surface area contributed by atoms with E-state index in [0.29, 0.717) is 6.61 Å². The highest BCUT2D eigenvalue weighted by atomic mass is 16.5. The molecule has 1 heterocycles. The maximum absolute atomic E-state index is 9.11. The minimum atomic E-state index is -0.0352. The first-order chi connectivity index (χ1) is 5.22. The van der Waals surface area contributed by atoms with Crippen molar-refractivity contribution >= 4 is 0 Å². The van der Waals surface area contributed by atoms with Crippen molar-refractivity contribution in [1.82, 2.24) is 5.32 Å². The predicted octanol–water partition coefficient (Wildman–Crippen LogP) is 0.341. The van der Waals surface area contributed by atoms with E-state index in [1.54, 1.807) is 0 Å². The van der Waals surface area contributed by atoms with Crippen LogP contribution in [0.5, 0.6) is 0 Å². The van der Waals surface area contributed by atoms with Crippen LogP contribution in [0.2, 0.25) is 0 Å². The third-order valence-electron chi connectivity index (χ3n) is 2.49. The topological polar surface area (TPSA) is 41.5 Å². The highest BCUT2D eigenvalue weighted by Gasteiger charge is 2.32. The maximum atomic E-state index is 9.11. The molecule has 0 amide bonds. The number of hydrogen-bond acceptors (Lipinski definition) is 3. The molecule has 1 rings (SSSR count). The van der Waals surface area contributed by atoms with Crippen LogP contribution in [0, 0.1) is 5.41 Å². The monoisotopic (exact) mass is 159 g/mol. The molecule has 0 aromatic carbocycles. The molecule has 11 heavy (non-hydrogen) atoms. The van der Waals surface area contributed by atoms with Crippen LogP contribution in [0.25, 0.3) is 0 Å². The van der Waals surface area contributed by atoms with Crippen molar-refractivity contribution in [2.75, 3.05) is 19.8 Å². The quantitative estimate of drug-likeness (QED) is 0.610. The van der Waals surface area contributed by atoms with Gasteiger partial charge in [-0.2, -0.15) is 0 Å². The van der Waals surface area contributed by atoms with Gasteiger partial charge in [0.25, 0.3) is 0 Å². The zero-order valence-electron chi connectivity index (χ0n) is 7.26. The Morgan fingerprint density at radius 3 is 2.82 bits per heavy atom. The van der Waals surface area contributed by atoms with Gasteiger partial charge in [-0.3, -0.25) is 5.32 Å². The van der Waals surface area contributed by atoms with Crippen molar-refractivity contribution in [2.24, 2.45) is 5.41 Å². The first kappa shape index (κ1) is 8.97. The highest BCUT2D eigenvalue weighted by molar-refractivity contribution is 4.82. The molecule has 2 N–H and O–H groups in total. The number of ether oxygens (including phenoxy) is 1. The van der Waals surface area contributed by atoms with E-state index in [9.17, 15) is 0 Å². The van der Waals surface area contributed by atoms with Gasteiger partial charge >= 0.3 is 0 Å². The minimum absolute atomic E-state index is 0.0352. The van der Waals surface area contributed by atoms with Crippen LogP contribution in [0.3, 0.4) is 0 Å². The lowest BCUT2D eigenvalue weighted by atomic mass is 9.86. The second-order valence-electron chi connectivity index (χ2n) is 3.35. The summed E-state index contributed by atoms with van der Waals surface area (Å²) in [5.41, 5.74) is -0.0352. The summed E-state index contributed by atoms with van der Waals surface area (Å²) in [6.45, 7) is 5.81. The Bertz CT molecular complexity index is 113. The van der Waals surface area contributed by atoms with E-state index in [1.807, 2.05) is 6.92 Å². The van der Waals surface area contributed by atoms with Crippen molar-refractivity contribution in [3.63, 3.8) is 0 Å². The Hall–Kier alpha value is -0.120. The van der Waals surface area contributed by atoms with Gasteiger partial charge in [-0.25, -0.2) is 0 Å². The van der Waals surface area contributed by atoms with Crippen molar-refractivity contribution in [3.05, 3.63) is 0 Å². The van der Waals surface area contributed by atoms with Crippen molar-refractivity contribution < 1.29 is 9.84 Å². The number of hydrogen-bond donors (Lipinski definition) is 2. The first-order valence-corrected chi connectivity index (χ1v) is 4.18. The number of aliphatic hydroxyl groups excluding tert-OH is 1. The molecule has 0 aromatic rings. The Kier molecular flexibility index (Phi) is 2.87. The van der Waals surface area contributed by atoms with Crippen molar-refractivity contribution in [1.29, 1.82) is 0 Å². The molecule has 1 aliphatic rings. The lowest BCUT2D eigenvalue weighted by Crippen LogP contribution is -2.50. The van der Waals surface area contributed by atoms with E-state index in [2.05, 4.69) is 12.2 Å². The molecule has 1 saturated heterocycles. The van der Waals surface area contributed by atoms with Gasteiger partial charge in [0.05, 0.1) is 13.2 Å². The SMILES string of the molecule is CCC1(CO)CNC(C)OC1. The molecule has 1 fully saturated rings. The van der Waals surface area contributed by atoms with Gasteiger partial charge in [0, 0.05) is 12.0 Å². The highest BCUT2D eigenvalue weighted by Crippen LogP contribution is 2.24. The molecular formula is C8H17NO2. The zero-order chi connectivity index (χ0) is 8.32. The van der Waals surface area contributed by atoms with E-state index < -0.39 is 0 Å². The second-order valence-corrected chi connectivity index (χ2v) is 3.35. The van der Waals surface area contributed by atoms with Crippen LogP contribution in [0.1, 0.15) is 20.3 Å². The Balaban J connectivity index is 2.45. The molecule has 66 valence electrons. The molecule has 0 radical (unpaired) electrons. The largest absolute Gasteiger partial charge is 0.396 e. The molecule has 3 heteroatoms. The Morgan fingerprint density at radius 1 is 1.73 bits per heavy atom. The Labute approximate surface area is 67.7 Å². The fourth-order valence-electron chi connectivity index (χ4n) is 1.21. The van der Waals surface area contributed by atoms with Crippen LogP contribution >= 0.6 is 0 Å². The second kappa shape index (κ2) is 3.52. The third-order valence-corrected chi connectivity index (χ3v) is 2.49. The van der Waals surface area contributed by atoms with E-state index in [-0.39, 0.29) is 18.2 Å². The summed E-state index contributed by atoms with van der Waals surface area (Å²) in [5.74, 6) is 0. The summed E-state index contributed by atoms with van der Waals surface area (Å²) < 4.78 is 5.40. The maximum Gasteiger partial charge on any atom is 0.105 e. The summed E-state index contributed by atoms with van der Waals surface area (Å²) in [6.07, 6.45) is 1.10.